The standard InChI is InChI=1S/C30H34IN6O2P.C3H8.3C2H6/c1-3-32-30(38)23-11-7-20(17-27(23)39-2)28-24-16-21(18-33-29(24)37(35-28)40-31)26-12-8-19-6-9-22(10-13-25(19)34-26)36-14-4-5-15-36;1-3-2;3*1-2/h7-8,11-12,16-18,22,40H,3-6,9-10,13-15H2,1-2H3,(H,32,38);3H2,1-2H3;3*1-2H3. The Hall–Kier alpha value is -2.62. The number of carbonyl (C=O) groups excluding carboxylic acids is 1. The van der Waals surface area contributed by atoms with E-state index < -0.39 is 0 Å². The molecular formula is C39H60IN6O2P. The Balaban J connectivity index is 0.000000851. The second kappa shape index (κ2) is 23.0. The van der Waals surface area contributed by atoms with E-state index in [2.05, 4.69) is 64.3 Å². The van der Waals surface area contributed by atoms with Crippen LogP contribution in [0.1, 0.15) is 116 Å². The normalized spacial score (nSPS) is 15.3. The second-order valence-corrected chi connectivity index (χ2v) is 13.2. The van der Waals surface area contributed by atoms with Gasteiger partial charge in [0.2, 0.25) is 0 Å². The lowest BCUT2D eigenvalue weighted by Gasteiger charge is -2.25. The van der Waals surface area contributed by atoms with Crippen LogP contribution in [0.25, 0.3) is 33.5 Å². The van der Waals surface area contributed by atoms with Crippen LogP contribution in [0.5, 0.6) is 5.75 Å². The summed E-state index contributed by atoms with van der Waals surface area (Å²) in [6, 6.07) is 12.9. The van der Waals surface area contributed by atoms with Crippen LogP contribution in [-0.4, -0.2) is 63.1 Å². The number of nitrogens with zero attached hydrogens (tertiary/aromatic N) is 5. The molecule has 2 atom stereocenters. The smallest absolute Gasteiger partial charge is 0.255 e. The molecule has 0 radical (unpaired) electrons. The Bertz CT molecular complexity index is 1570. The SMILES string of the molecule is CC.CC.CC.CCC.CCNC(=O)c1ccc(-c2nn(PI)c3ncc(-c4ccc5c(n4)CCC(N4CCCC4)CC5)cc23)cc1OC. The molecule has 1 fully saturated rings. The number of nitrogens with one attached hydrogen (secondary N) is 1. The van der Waals surface area contributed by atoms with Crippen molar-refractivity contribution in [1.82, 2.24) is 29.7 Å². The number of methoxy groups -OCH3 is 1. The van der Waals surface area contributed by atoms with Crippen molar-refractivity contribution in [3.63, 3.8) is 0 Å². The number of hydrogen-bond donors (Lipinski definition) is 1. The highest BCUT2D eigenvalue weighted by molar-refractivity contribution is 14.2. The quantitative estimate of drug-likeness (QED) is 0.114. The molecule has 0 bridgehead atoms. The van der Waals surface area contributed by atoms with E-state index in [4.69, 9.17) is 19.8 Å². The van der Waals surface area contributed by atoms with Gasteiger partial charge in [0.25, 0.3) is 5.91 Å². The maximum absolute atomic E-state index is 12.5. The maximum Gasteiger partial charge on any atom is 0.255 e. The lowest BCUT2D eigenvalue weighted by Crippen LogP contribution is -2.32. The van der Waals surface area contributed by atoms with Gasteiger partial charge in [-0.15, -0.1) is 0 Å². The summed E-state index contributed by atoms with van der Waals surface area (Å²) in [5, 5.41) is 8.71. The van der Waals surface area contributed by atoms with Gasteiger partial charge >= 0.3 is 0 Å². The Kier molecular flexibility index (Phi) is 19.9. The molecule has 4 aromatic rings. The van der Waals surface area contributed by atoms with Crippen molar-refractivity contribution in [2.75, 3.05) is 26.7 Å². The van der Waals surface area contributed by atoms with E-state index in [0.29, 0.717) is 30.3 Å². The molecule has 2 unspecified atom stereocenters. The van der Waals surface area contributed by atoms with Gasteiger partial charge in [0.1, 0.15) is 11.4 Å². The molecule has 10 heteroatoms. The van der Waals surface area contributed by atoms with Gasteiger partial charge in [-0.1, -0.05) is 73.9 Å². The first-order chi connectivity index (χ1) is 24.0. The molecule has 1 N–H and O–H groups in total. The van der Waals surface area contributed by atoms with Gasteiger partial charge < -0.3 is 15.0 Å². The fourth-order valence-corrected chi connectivity index (χ4v) is 7.48. The van der Waals surface area contributed by atoms with Gasteiger partial charge in [0.05, 0.1) is 24.7 Å². The fourth-order valence-electron chi connectivity index (χ4n) is 6.07. The maximum atomic E-state index is 12.5. The number of benzene rings is 1. The Morgan fingerprint density at radius 3 is 2.27 bits per heavy atom. The van der Waals surface area contributed by atoms with Gasteiger partial charge in [0.15, 0.2) is 5.65 Å². The first-order valence-corrected chi connectivity index (χ1v) is 22.5. The van der Waals surface area contributed by atoms with Gasteiger partial charge in [-0.25, -0.2) is 9.44 Å². The molecule has 0 saturated carbocycles. The molecule has 2 aliphatic rings. The summed E-state index contributed by atoms with van der Waals surface area (Å²) < 4.78 is 7.53. The highest BCUT2D eigenvalue weighted by Crippen LogP contribution is 2.37. The number of amides is 1. The minimum Gasteiger partial charge on any atom is -0.496 e. The zero-order chi connectivity index (χ0) is 36.3. The molecule has 49 heavy (non-hydrogen) atoms. The number of halogens is 1. The topological polar surface area (TPSA) is 85.2 Å². The number of pyridine rings is 2. The molecule has 1 aromatic carbocycles. The summed E-state index contributed by atoms with van der Waals surface area (Å²) in [6.45, 7) is 21.2. The lowest BCUT2D eigenvalue weighted by atomic mass is 10.0. The summed E-state index contributed by atoms with van der Waals surface area (Å²) in [5.41, 5.74) is 7.59. The van der Waals surface area contributed by atoms with E-state index in [1.807, 2.05) is 71.2 Å². The van der Waals surface area contributed by atoms with Crippen molar-refractivity contribution in [2.24, 2.45) is 0 Å². The van der Waals surface area contributed by atoms with Crippen molar-refractivity contribution in [2.45, 2.75) is 113 Å². The summed E-state index contributed by atoms with van der Waals surface area (Å²) in [5.74, 6) is 0.367. The van der Waals surface area contributed by atoms with Crippen LogP contribution in [0.2, 0.25) is 0 Å². The molecule has 3 aromatic heterocycles. The molecule has 270 valence electrons. The summed E-state index contributed by atoms with van der Waals surface area (Å²) in [4.78, 5) is 25.2. The Labute approximate surface area is 310 Å². The highest BCUT2D eigenvalue weighted by Gasteiger charge is 2.25. The van der Waals surface area contributed by atoms with Crippen LogP contribution in [0.4, 0.5) is 0 Å². The van der Waals surface area contributed by atoms with Crippen LogP contribution in [0.15, 0.2) is 42.6 Å². The molecule has 1 aliphatic carbocycles. The molecule has 8 nitrogen and oxygen atoms in total. The van der Waals surface area contributed by atoms with Crippen molar-refractivity contribution in [3.05, 3.63) is 59.4 Å². The van der Waals surface area contributed by atoms with E-state index in [-0.39, 0.29) is 5.91 Å². The Morgan fingerprint density at radius 2 is 1.63 bits per heavy atom. The van der Waals surface area contributed by atoms with E-state index in [1.165, 1.54) is 56.5 Å². The third-order valence-corrected chi connectivity index (χ3v) is 9.98. The van der Waals surface area contributed by atoms with Gasteiger partial charge in [-0.05, 0) is 110 Å². The molecule has 6 rings (SSSR count). The van der Waals surface area contributed by atoms with E-state index in [9.17, 15) is 4.79 Å². The predicted octanol–water partition coefficient (Wildman–Crippen LogP) is 10.5. The number of likely N-dealkylation sites (tertiary alicyclic amines) is 1. The number of ether oxygens (including phenoxy) is 1. The lowest BCUT2D eigenvalue weighted by molar-refractivity contribution is 0.0953. The number of carbonyl (C=O) groups is 1. The first-order valence-electron chi connectivity index (χ1n) is 18.5. The van der Waals surface area contributed by atoms with E-state index in [1.54, 1.807) is 13.2 Å². The van der Waals surface area contributed by atoms with Crippen LogP contribution in [0.3, 0.4) is 0 Å². The molecule has 4 heterocycles. The molecule has 1 aliphatic heterocycles. The number of rotatable bonds is 7. The third-order valence-electron chi connectivity index (χ3n) is 8.14. The molecule has 1 amide bonds. The molecular weight excluding hydrogens is 742 g/mol. The highest BCUT2D eigenvalue weighted by atomic mass is 127. The minimum atomic E-state index is -0.153. The third kappa shape index (κ3) is 10.9. The number of hydrogen-bond acceptors (Lipinski definition) is 6. The van der Waals surface area contributed by atoms with Crippen LogP contribution in [0, 0.1) is 0 Å². The van der Waals surface area contributed by atoms with Gasteiger partial charge in [-0.2, -0.15) is 5.10 Å². The average molecular weight is 803 g/mol. The van der Waals surface area contributed by atoms with E-state index in [0.717, 1.165) is 46.4 Å². The molecule has 0 spiro atoms. The molecule has 1 saturated heterocycles. The van der Waals surface area contributed by atoms with Crippen molar-refractivity contribution in [3.8, 4) is 28.3 Å². The van der Waals surface area contributed by atoms with Gasteiger partial charge in [0, 0.05) is 41.0 Å². The summed E-state index contributed by atoms with van der Waals surface area (Å²) >= 11 is 2.33. The van der Waals surface area contributed by atoms with Crippen LogP contribution in [-0.2, 0) is 12.8 Å². The van der Waals surface area contributed by atoms with Gasteiger partial charge in [-0.3, -0.25) is 9.78 Å². The van der Waals surface area contributed by atoms with E-state index >= 15 is 0 Å². The second-order valence-electron chi connectivity index (χ2n) is 11.2. The largest absolute Gasteiger partial charge is 0.496 e. The zero-order valence-electron chi connectivity index (χ0n) is 31.6. The minimum absolute atomic E-state index is 0.153. The summed E-state index contributed by atoms with van der Waals surface area (Å²) in [6.07, 6.45) is 10.8. The zero-order valence-corrected chi connectivity index (χ0v) is 34.8. The average Bonchev–Trinajstić information content (AvgIpc) is 3.78. The summed E-state index contributed by atoms with van der Waals surface area (Å²) in [7, 11) is 1.59. The van der Waals surface area contributed by atoms with Crippen LogP contribution < -0.4 is 10.1 Å². The van der Waals surface area contributed by atoms with Crippen molar-refractivity contribution in [1.29, 1.82) is 0 Å². The number of fused-ring (bicyclic) bond motifs is 2. The van der Waals surface area contributed by atoms with Crippen molar-refractivity contribution < 1.29 is 9.53 Å². The predicted molar refractivity (Wildman–Crippen MR) is 220 cm³/mol. The first kappa shape index (κ1) is 42.5. The monoisotopic (exact) mass is 802 g/mol. The Morgan fingerprint density at radius 1 is 0.959 bits per heavy atom. The van der Waals surface area contributed by atoms with Crippen LogP contribution >= 0.6 is 28.4 Å². The number of aromatic nitrogens is 4. The fraction of sp³-hybridized carbons (Fsp3) is 0.538. The van der Waals surface area contributed by atoms with Crippen molar-refractivity contribution >= 4 is 45.4 Å². The number of aryl methyl sites for hydroxylation is 2.